The molecule has 1 atom stereocenters. The molecule has 2 fully saturated rings. The van der Waals surface area contributed by atoms with Gasteiger partial charge in [0.25, 0.3) is 5.56 Å². The first-order valence-electron chi connectivity index (χ1n) is 11.9. The zero-order valence-electron chi connectivity index (χ0n) is 18.9. The summed E-state index contributed by atoms with van der Waals surface area (Å²) < 4.78 is 1.97. The molecule has 2 N–H and O–H groups in total. The molecule has 3 aromatic rings. The highest BCUT2D eigenvalue weighted by molar-refractivity contribution is 5.85. The monoisotopic (exact) mass is 436 g/mol. The maximum absolute atomic E-state index is 13.4. The van der Waals surface area contributed by atoms with Crippen molar-refractivity contribution >= 4 is 10.9 Å². The molecule has 32 heavy (non-hydrogen) atoms. The summed E-state index contributed by atoms with van der Waals surface area (Å²) in [6.07, 6.45) is 6.83. The smallest absolute Gasteiger partial charge is 0.253 e. The van der Waals surface area contributed by atoms with E-state index in [1.54, 1.807) is 0 Å². The first-order valence-corrected chi connectivity index (χ1v) is 11.9. The number of nitrogens with zero attached hydrogens (tertiary/aromatic N) is 5. The summed E-state index contributed by atoms with van der Waals surface area (Å²) in [6, 6.07) is 6.10. The number of piperidine rings is 1. The number of aryl methyl sites for hydroxylation is 2. The third-order valence-electron chi connectivity index (χ3n) is 7.31. The first kappa shape index (κ1) is 21.3. The van der Waals surface area contributed by atoms with Gasteiger partial charge in [-0.15, -0.1) is 5.10 Å². The molecule has 2 aromatic heterocycles. The van der Waals surface area contributed by atoms with E-state index in [1.165, 1.54) is 19.3 Å². The van der Waals surface area contributed by atoms with Gasteiger partial charge in [0.15, 0.2) is 5.82 Å². The highest BCUT2D eigenvalue weighted by atomic mass is 16.3. The minimum Gasteiger partial charge on any atom is -0.393 e. The van der Waals surface area contributed by atoms with Crippen LogP contribution in [0.25, 0.3) is 10.9 Å². The molecule has 1 saturated carbocycles. The lowest BCUT2D eigenvalue weighted by Gasteiger charge is -2.36. The molecule has 0 amide bonds. The Morgan fingerprint density at radius 2 is 1.78 bits per heavy atom. The molecule has 2 aliphatic rings. The second kappa shape index (κ2) is 8.75. The van der Waals surface area contributed by atoms with Crippen LogP contribution in [0.4, 0.5) is 0 Å². The lowest BCUT2D eigenvalue weighted by Crippen LogP contribution is -2.42. The van der Waals surface area contributed by atoms with Crippen LogP contribution in [-0.4, -0.2) is 54.4 Å². The number of nitrogens with one attached hydrogen (secondary N) is 1. The Hall–Kier alpha value is -2.58. The van der Waals surface area contributed by atoms with Crippen molar-refractivity contribution in [2.24, 2.45) is 0 Å². The number of fused-ring (bicyclic) bond motifs is 1. The summed E-state index contributed by atoms with van der Waals surface area (Å²) >= 11 is 0. The van der Waals surface area contributed by atoms with Gasteiger partial charge in [-0.05, 0) is 67.2 Å². The first-order chi connectivity index (χ1) is 15.5. The van der Waals surface area contributed by atoms with Crippen LogP contribution in [0.3, 0.4) is 0 Å². The van der Waals surface area contributed by atoms with Crippen LogP contribution in [0.5, 0.6) is 0 Å². The number of pyridine rings is 1. The predicted molar refractivity (Wildman–Crippen MR) is 123 cm³/mol. The molecule has 170 valence electrons. The van der Waals surface area contributed by atoms with E-state index in [0.29, 0.717) is 31.5 Å². The summed E-state index contributed by atoms with van der Waals surface area (Å²) in [5.74, 6) is 0.739. The third kappa shape index (κ3) is 3.86. The van der Waals surface area contributed by atoms with Gasteiger partial charge in [-0.25, -0.2) is 4.68 Å². The molecule has 1 aliphatic carbocycles. The standard InChI is InChI=1S/C24H32N6O2/c1-15-8-9-16(2)21-19(15)14-20(24(32)25-21)22(29-12-10-18(31)11-13-29)23-26-27-28-30(23)17-6-4-3-5-7-17/h8-9,14,17-18,22,31H,3-7,10-13H2,1-2H3,(H,25,32)/t22-/m0/s1. The van der Waals surface area contributed by atoms with E-state index >= 15 is 0 Å². The average Bonchev–Trinajstić information content (AvgIpc) is 3.28. The van der Waals surface area contributed by atoms with E-state index in [4.69, 9.17) is 0 Å². The Bertz CT molecular complexity index is 1150. The minimum atomic E-state index is -0.340. The van der Waals surface area contributed by atoms with E-state index < -0.39 is 0 Å². The number of hydrogen-bond donors (Lipinski definition) is 2. The number of H-pyrrole nitrogens is 1. The quantitative estimate of drug-likeness (QED) is 0.652. The Labute approximate surface area is 187 Å². The summed E-state index contributed by atoms with van der Waals surface area (Å²) in [5, 5.41) is 24.1. The molecule has 3 heterocycles. The van der Waals surface area contributed by atoms with Crippen LogP contribution in [0.1, 0.15) is 79.5 Å². The highest BCUT2D eigenvalue weighted by Crippen LogP contribution is 2.34. The molecule has 0 radical (unpaired) electrons. The molecule has 8 heteroatoms. The van der Waals surface area contributed by atoms with Gasteiger partial charge in [-0.1, -0.05) is 31.4 Å². The summed E-state index contributed by atoms with van der Waals surface area (Å²) in [4.78, 5) is 18.8. The second-order valence-corrected chi connectivity index (χ2v) is 9.49. The van der Waals surface area contributed by atoms with Crippen LogP contribution in [0, 0.1) is 13.8 Å². The molecule has 5 rings (SSSR count). The zero-order chi connectivity index (χ0) is 22.2. The van der Waals surface area contributed by atoms with Crippen molar-refractivity contribution < 1.29 is 5.11 Å². The number of tetrazole rings is 1. The van der Waals surface area contributed by atoms with Gasteiger partial charge < -0.3 is 10.1 Å². The lowest BCUT2D eigenvalue weighted by atomic mass is 9.94. The normalized spacial score (nSPS) is 20.1. The summed E-state index contributed by atoms with van der Waals surface area (Å²) in [6.45, 7) is 5.49. The minimum absolute atomic E-state index is 0.0967. The molecule has 0 unspecified atom stereocenters. The van der Waals surface area contributed by atoms with E-state index in [0.717, 1.165) is 40.7 Å². The van der Waals surface area contributed by atoms with Crippen LogP contribution >= 0.6 is 0 Å². The lowest BCUT2D eigenvalue weighted by molar-refractivity contribution is 0.0651. The second-order valence-electron chi connectivity index (χ2n) is 9.49. The summed E-state index contributed by atoms with van der Waals surface area (Å²) in [7, 11) is 0. The fourth-order valence-electron chi connectivity index (χ4n) is 5.40. The fourth-order valence-corrected chi connectivity index (χ4v) is 5.40. The Kier molecular flexibility index (Phi) is 5.82. The van der Waals surface area contributed by atoms with Crippen molar-refractivity contribution in [1.29, 1.82) is 0 Å². The van der Waals surface area contributed by atoms with Gasteiger partial charge in [-0.2, -0.15) is 0 Å². The molecule has 8 nitrogen and oxygen atoms in total. The fraction of sp³-hybridized carbons (Fsp3) is 0.583. The largest absolute Gasteiger partial charge is 0.393 e. The van der Waals surface area contributed by atoms with Gasteiger partial charge >= 0.3 is 0 Å². The topological polar surface area (TPSA) is 99.9 Å². The zero-order valence-corrected chi connectivity index (χ0v) is 18.9. The van der Waals surface area contributed by atoms with Crippen LogP contribution < -0.4 is 5.56 Å². The van der Waals surface area contributed by atoms with E-state index in [-0.39, 0.29) is 23.7 Å². The molecule has 1 saturated heterocycles. The van der Waals surface area contributed by atoms with Crippen molar-refractivity contribution in [3.05, 3.63) is 51.1 Å². The highest BCUT2D eigenvalue weighted by Gasteiger charge is 2.34. The maximum atomic E-state index is 13.4. The summed E-state index contributed by atoms with van der Waals surface area (Å²) in [5.41, 5.74) is 3.65. The van der Waals surface area contributed by atoms with E-state index in [9.17, 15) is 9.90 Å². The number of aromatic amines is 1. The van der Waals surface area contributed by atoms with Crippen LogP contribution in [-0.2, 0) is 0 Å². The van der Waals surface area contributed by atoms with Crippen molar-refractivity contribution in [2.45, 2.75) is 77.0 Å². The van der Waals surface area contributed by atoms with Crippen molar-refractivity contribution in [3.8, 4) is 0 Å². The number of benzene rings is 1. The SMILES string of the molecule is Cc1ccc(C)c2[nH]c(=O)c([C@@H](c3nnnn3C3CCCCC3)N3CCC(O)CC3)cc12. The van der Waals surface area contributed by atoms with Crippen molar-refractivity contribution in [1.82, 2.24) is 30.1 Å². The van der Waals surface area contributed by atoms with Crippen molar-refractivity contribution in [3.63, 3.8) is 0 Å². The molecular weight excluding hydrogens is 404 g/mol. The van der Waals surface area contributed by atoms with Gasteiger partial charge in [0.1, 0.15) is 6.04 Å². The predicted octanol–water partition coefficient (Wildman–Crippen LogP) is 3.18. The molecule has 0 bridgehead atoms. The van der Waals surface area contributed by atoms with Gasteiger partial charge in [0, 0.05) is 24.0 Å². The Morgan fingerprint density at radius 1 is 1.06 bits per heavy atom. The van der Waals surface area contributed by atoms with E-state index in [2.05, 4.69) is 38.4 Å². The number of rotatable bonds is 4. The number of aliphatic hydroxyl groups is 1. The van der Waals surface area contributed by atoms with Crippen molar-refractivity contribution in [2.75, 3.05) is 13.1 Å². The molecular formula is C24H32N6O2. The van der Waals surface area contributed by atoms with Crippen LogP contribution in [0.2, 0.25) is 0 Å². The third-order valence-corrected chi connectivity index (χ3v) is 7.31. The maximum Gasteiger partial charge on any atom is 0.253 e. The van der Waals surface area contributed by atoms with E-state index in [1.807, 2.05) is 23.7 Å². The molecule has 1 aliphatic heterocycles. The Morgan fingerprint density at radius 3 is 2.53 bits per heavy atom. The van der Waals surface area contributed by atoms with Crippen LogP contribution in [0.15, 0.2) is 23.0 Å². The van der Waals surface area contributed by atoms with Gasteiger partial charge in [0.2, 0.25) is 0 Å². The van der Waals surface area contributed by atoms with Gasteiger partial charge in [0.05, 0.1) is 17.7 Å². The Balaban J connectivity index is 1.65. The number of likely N-dealkylation sites (tertiary alicyclic amines) is 1. The number of aromatic nitrogens is 5. The number of aliphatic hydroxyl groups excluding tert-OH is 1. The van der Waals surface area contributed by atoms with Gasteiger partial charge in [-0.3, -0.25) is 9.69 Å². The number of hydrogen-bond acceptors (Lipinski definition) is 6. The average molecular weight is 437 g/mol. The molecule has 0 spiro atoms. The molecule has 1 aromatic carbocycles.